The van der Waals surface area contributed by atoms with Gasteiger partial charge in [-0.25, -0.2) is 0 Å². The summed E-state index contributed by atoms with van der Waals surface area (Å²) in [6.45, 7) is 0. The van der Waals surface area contributed by atoms with Crippen LogP contribution >= 0.6 is 0 Å². The summed E-state index contributed by atoms with van der Waals surface area (Å²) >= 11 is 0. The highest BCUT2D eigenvalue weighted by atomic mass is 13.6. The predicted molar refractivity (Wildman–Crippen MR) is 33.1 cm³/mol. The van der Waals surface area contributed by atoms with E-state index in [2.05, 4.69) is 12.0 Å². The van der Waals surface area contributed by atoms with Crippen LogP contribution in [0.4, 0.5) is 0 Å². The average molecular weight is 77.7 g/mol. The van der Waals surface area contributed by atoms with Crippen molar-refractivity contribution in [3.63, 3.8) is 0 Å². The van der Waals surface area contributed by atoms with Crippen LogP contribution in [-0.2, 0) is 0 Å². The second-order valence-corrected chi connectivity index (χ2v) is 1.76. The Morgan fingerprint density at radius 1 is 1.00 bits per heavy atom. The minimum Gasteiger partial charge on any atom is -0.132 e. The summed E-state index contributed by atoms with van der Waals surface area (Å²) < 4.78 is 0. The summed E-state index contributed by atoms with van der Waals surface area (Å²) in [5, 5.41) is 0. The molecule has 0 aromatic rings. The molecule has 0 nitrogen and oxygen atoms in total. The third-order valence-corrected chi connectivity index (χ3v) is 1.16. The van der Waals surface area contributed by atoms with E-state index in [4.69, 9.17) is 0 Å². The Morgan fingerprint density at radius 2 is 1.50 bits per heavy atom. The van der Waals surface area contributed by atoms with Gasteiger partial charge in [0.2, 0.25) is 0 Å². The molecular formula is C4H8B2. The second-order valence-electron chi connectivity index (χ2n) is 1.76. The molecule has 0 saturated heterocycles. The molecule has 2 heteroatoms. The van der Waals surface area contributed by atoms with Crippen LogP contribution in [0.5, 0.6) is 0 Å². The molecule has 1 aliphatic rings. The van der Waals surface area contributed by atoms with Crippen molar-refractivity contribution in [2.24, 2.45) is 0 Å². The van der Waals surface area contributed by atoms with Crippen molar-refractivity contribution in [1.29, 1.82) is 0 Å². The normalized spacial score (nSPS) is 18.7. The van der Waals surface area contributed by atoms with Crippen molar-refractivity contribution in [1.82, 2.24) is 0 Å². The molecule has 0 spiro atoms. The lowest BCUT2D eigenvalue weighted by molar-refractivity contribution is 1.42. The van der Waals surface area contributed by atoms with Crippen molar-refractivity contribution in [2.75, 3.05) is 0 Å². The maximum absolute atomic E-state index is 2.27. The Morgan fingerprint density at radius 3 is 1.67 bits per heavy atom. The Labute approximate surface area is 40.1 Å². The lowest BCUT2D eigenvalue weighted by Crippen LogP contribution is -1.95. The molecule has 0 bridgehead atoms. The molecule has 0 saturated carbocycles. The molecule has 0 aromatic heterocycles. The summed E-state index contributed by atoms with van der Waals surface area (Å²) in [7, 11) is 2.64. The summed E-state index contributed by atoms with van der Waals surface area (Å²) in [6.07, 6.45) is 2.83. The van der Waals surface area contributed by atoms with Gasteiger partial charge in [-0.15, -0.1) is 12.0 Å². The van der Waals surface area contributed by atoms with Crippen LogP contribution in [0.1, 0.15) is 0 Å². The first-order valence-corrected chi connectivity index (χ1v) is 2.65. The Balaban J connectivity index is 2.26. The van der Waals surface area contributed by atoms with Gasteiger partial charge < -0.3 is 0 Å². The Bertz CT molecular complexity index is 50.6. The van der Waals surface area contributed by atoms with Gasteiger partial charge in [-0.05, 0) is 0 Å². The zero-order valence-corrected chi connectivity index (χ0v) is 3.98. The molecular weight excluding hydrogens is 69.7 g/mol. The summed E-state index contributed by atoms with van der Waals surface area (Å²) in [6, 6.07) is 0. The topological polar surface area (TPSA) is 0 Å². The van der Waals surface area contributed by atoms with Crippen molar-refractivity contribution in [3.8, 4) is 0 Å². The van der Waals surface area contributed by atoms with Gasteiger partial charge >= 0.3 is 0 Å². The fraction of sp³-hybridized carbons (Fsp3) is 0.500. The standard InChI is InChI=1S/C4H8B2/c1-2-6-4-3-5-1/h1-2,5-6H,3-4H2. The molecule has 0 radical (unpaired) electrons. The van der Waals surface area contributed by atoms with Gasteiger partial charge in [0.05, 0.1) is 0 Å². The highest BCUT2D eigenvalue weighted by molar-refractivity contribution is 6.54. The zero-order chi connectivity index (χ0) is 4.24. The highest BCUT2D eigenvalue weighted by Crippen LogP contribution is 1.94. The maximum atomic E-state index is 2.27. The zero-order valence-electron chi connectivity index (χ0n) is 3.98. The maximum Gasteiger partial charge on any atom is 0.145 e. The fourth-order valence-corrected chi connectivity index (χ4v) is 0.760. The molecule has 0 aromatic carbocycles. The van der Waals surface area contributed by atoms with Crippen molar-refractivity contribution in [2.45, 2.75) is 12.6 Å². The van der Waals surface area contributed by atoms with Gasteiger partial charge in [0, 0.05) is 0 Å². The fourth-order valence-electron chi connectivity index (χ4n) is 0.760. The smallest absolute Gasteiger partial charge is 0.132 e. The van der Waals surface area contributed by atoms with Crippen LogP contribution in [0.3, 0.4) is 0 Å². The van der Waals surface area contributed by atoms with Gasteiger partial charge in [0.25, 0.3) is 0 Å². The van der Waals surface area contributed by atoms with Crippen LogP contribution < -0.4 is 0 Å². The molecule has 0 N–H and O–H groups in total. The predicted octanol–water partition coefficient (Wildman–Crippen LogP) is 0.181. The van der Waals surface area contributed by atoms with Gasteiger partial charge in [0.15, 0.2) is 0 Å². The molecule has 0 fully saturated rings. The van der Waals surface area contributed by atoms with Crippen LogP contribution in [0.15, 0.2) is 12.0 Å². The molecule has 0 amide bonds. The molecule has 1 rings (SSSR count). The van der Waals surface area contributed by atoms with Crippen LogP contribution in [0, 0.1) is 0 Å². The largest absolute Gasteiger partial charge is 0.145 e. The van der Waals surface area contributed by atoms with Gasteiger partial charge in [0.1, 0.15) is 14.6 Å². The average Bonchev–Trinajstić information content (AvgIpc) is 1.72. The lowest BCUT2D eigenvalue weighted by atomic mass is 9.55. The molecule has 1 heterocycles. The molecule has 0 unspecified atom stereocenters. The highest BCUT2D eigenvalue weighted by Gasteiger charge is 1.91. The van der Waals surface area contributed by atoms with E-state index in [1.54, 1.807) is 0 Å². The van der Waals surface area contributed by atoms with Gasteiger partial charge in [-0.3, -0.25) is 0 Å². The first-order chi connectivity index (χ1) is 3.00. The Hall–Kier alpha value is -0.130. The van der Waals surface area contributed by atoms with Crippen molar-refractivity contribution in [3.05, 3.63) is 12.0 Å². The third kappa shape index (κ3) is 0.925. The lowest BCUT2D eigenvalue weighted by Gasteiger charge is -1.93. The van der Waals surface area contributed by atoms with E-state index in [0.717, 1.165) is 0 Å². The second kappa shape index (κ2) is 2.12. The van der Waals surface area contributed by atoms with Crippen LogP contribution in [-0.4, -0.2) is 14.6 Å². The number of hydrogen-bond donors (Lipinski definition) is 0. The van der Waals surface area contributed by atoms with Gasteiger partial charge in [-0.2, -0.15) is 0 Å². The van der Waals surface area contributed by atoms with E-state index < -0.39 is 0 Å². The van der Waals surface area contributed by atoms with Crippen molar-refractivity contribution < 1.29 is 0 Å². The monoisotopic (exact) mass is 78.1 g/mol. The molecule has 1 aliphatic heterocycles. The quantitative estimate of drug-likeness (QED) is 0.362. The summed E-state index contributed by atoms with van der Waals surface area (Å²) in [5.74, 6) is 4.53. The van der Waals surface area contributed by atoms with E-state index in [9.17, 15) is 0 Å². The number of rotatable bonds is 0. The van der Waals surface area contributed by atoms with E-state index in [1.165, 1.54) is 27.2 Å². The van der Waals surface area contributed by atoms with Crippen molar-refractivity contribution >= 4 is 14.6 Å². The molecule has 0 atom stereocenters. The third-order valence-electron chi connectivity index (χ3n) is 1.16. The van der Waals surface area contributed by atoms with E-state index >= 15 is 0 Å². The molecule has 30 valence electrons. The summed E-state index contributed by atoms with van der Waals surface area (Å²) in [4.78, 5) is 0. The molecule has 0 aliphatic carbocycles. The SMILES string of the molecule is B1C=CBCC1. The first-order valence-electron chi connectivity index (χ1n) is 2.65. The van der Waals surface area contributed by atoms with Gasteiger partial charge in [-0.1, -0.05) is 12.6 Å². The molecule has 6 heavy (non-hydrogen) atoms. The number of hydrogen-bond acceptors (Lipinski definition) is 0. The first kappa shape index (κ1) is 4.04. The summed E-state index contributed by atoms with van der Waals surface area (Å²) in [5.41, 5.74) is 0. The van der Waals surface area contributed by atoms with Crippen LogP contribution in [0.2, 0.25) is 12.6 Å². The van der Waals surface area contributed by atoms with E-state index in [1.807, 2.05) is 0 Å². The minimum atomic E-state index is 1.32. The Kier molecular flexibility index (Phi) is 1.43. The van der Waals surface area contributed by atoms with E-state index in [0.29, 0.717) is 0 Å². The van der Waals surface area contributed by atoms with E-state index in [-0.39, 0.29) is 0 Å². The van der Waals surface area contributed by atoms with Crippen LogP contribution in [0.25, 0.3) is 0 Å². The minimum absolute atomic E-state index is 1.32.